The maximum absolute atomic E-state index is 12.5. The molecule has 7 heteroatoms. The molecule has 1 aliphatic rings. The van der Waals surface area contributed by atoms with Crippen LogP contribution in [0.1, 0.15) is 24.2 Å². The number of aromatic nitrogens is 3. The van der Waals surface area contributed by atoms with Crippen molar-refractivity contribution >= 4 is 5.91 Å². The zero-order chi connectivity index (χ0) is 21.8. The van der Waals surface area contributed by atoms with E-state index in [1.54, 1.807) is 6.26 Å². The van der Waals surface area contributed by atoms with Crippen molar-refractivity contribution in [1.82, 2.24) is 19.7 Å². The molecule has 0 radical (unpaired) electrons. The highest BCUT2D eigenvalue weighted by Gasteiger charge is 2.28. The van der Waals surface area contributed by atoms with Crippen molar-refractivity contribution in [2.24, 2.45) is 5.92 Å². The molecule has 7 nitrogen and oxygen atoms in total. The zero-order valence-corrected chi connectivity index (χ0v) is 18.0. The van der Waals surface area contributed by atoms with E-state index in [4.69, 9.17) is 9.52 Å². The van der Waals surface area contributed by atoms with E-state index in [2.05, 4.69) is 34.4 Å². The summed E-state index contributed by atoms with van der Waals surface area (Å²) in [4.78, 5) is 14.0. The van der Waals surface area contributed by atoms with Crippen molar-refractivity contribution in [3.63, 3.8) is 0 Å². The average molecular weight is 431 g/mol. The maximum atomic E-state index is 12.5. The first kappa shape index (κ1) is 20.3. The summed E-state index contributed by atoms with van der Waals surface area (Å²) in [5.74, 6) is 2.07. The molecule has 1 aromatic carbocycles. The van der Waals surface area contributed by atoms with Crippen molar-refractivity contribution in [2.75, 3.05) is 13.1 Å². The van der Waals surface area contributed by atoms with Crippen molar-refractivity contribution in [1.29, 1.82) is 0 Å². The predicted molar refractivity (Wildman–Crippen MR) is 121 cm³/mol. The number of carbonyl (C=O) groups is 1. The number of quaternary nitrogens is 1. The zero-order valence-electron chi connectivity index (χ0n) is 18.0. The summed E-state index contributed by atoms with van der Waals surface area (Å²) < 4.78 is 9.43. The van der Waals surface area contributed by atoms with E-state index in [1.807, 2.05) is 53.3 Å². The predicted octanol–water partition coefficient (Wildman–Crippen LogP) is 2.37. The van der Waals surface area contributed by atoms with Gasteiger partial charge in [-0.2, -0.15) is 5.10 Å². The molecular weight excluding hydrogens is 402 g/mol. The second kappa shape index (κ2) is 9.28. The number of rotatable bonds is 7. The molecule has 1 amide bonds. The smallest absolute Gasteiger partial charge is 0.223 e. The molecule has 5 rings (SSSR count). The van der Waals surface area contributed by atoms with Crippen LogP contribution in [0, 0.1) is 5.92 Å². The van der Waals surface area contributed by atoms with Crippen LogP contribution in [-0.2, 0) is 17.9 Å². The van der Waals surface area contributed by atoms with Gasteiger partial charge in [0.1, 0.15) is 18.1 Å². The molecular formula is C25H28N5O2+. The van der Waals surface area contributed by atoms with E-state index < -0.39 is 0 Å². The fraction of sp³-hybridized carbons (Fsp3) is 0.280. The second-order valence-corrected chi connectivity index (χ2v) is 8.33. The second-order valence-electron chi connectivity index (χ2n) is 8.33. The number of amides is 1. The number of nitrogens with zero attached hydrogens (tertiary/aromatic N) is 3. The molecule has 4 aromatic rings. The van der Waals surface area contributed by atoms with Crippen LogP contribution in [0.15, 0.2) is 83.9 Å². The normalized spacial score (nSPS) is 18.5. The molecule has 1 aliphatic heterocycles. The molecule has 1 saturated heterocycles. The number of carbonyl (C=O) groups excluding carboxylic acids is 1. The van der Waals surface area contributed by atoms with Crippen LogP contribution in [0.4, 0.5) is 0 Å². The van der Waals surface area contributed by atoms with Gasteiger partial charge in [0.15, 0.2) is 0 Å². The molecule has 0 spiro atoms. The third kappa shape index (κ3) is 4.38. The molecule has 0 saturated carbocycles. The number of furan rings is 1. The van der Waals surface area contributed by atoms with Gasteiger partial charge in [0.25, 0.3) is 0 Å². The van der Waals surface area contributed by atoms with Gasteiger partial charge < -0.3 is 19.2 Å². The van der Waals surface area contributed by atoms with E-state index in [0.717, 1.165) is 49.7 Å². The Hall–Kier alpha value is -3.58. The Bertz CT molecular complexity index is 1120. The number of piperidine rings is 1. The first-order valence-electron chi connectivity index (χ1n) is 11.2. The lowest BCUT2D eigenvalue weighted by Gasteiger charge is -2.28. The quantitative estimate of drug-likeness (QED) is 0.473. The number of nitrogens with one attached hydrogen (secondary N) is 2. The minimum atomic E-state index is 0.0738. The Labute approximate surface area is 187 Å². The first-order chi connectivity index (χ1) is 15.8. The third-order valence-electron chi connectivity index (χ3n) is 6.19. The van der Waals surface area contributed by atoms with Gasteiger partial charge in [-0.1, -0.05) is 18.2 Å². The molecule has 0 unspecified atom stereocenters. The van der Waals surface area contributed by atoms with Crippen molar-refractivity contribution in [3.05, 3.63) is 90.8 Å². The Morgan fingerprint density at radius 3 is 2.56 bits per heavy atom. The minimum Gasteiger partial charge on any atom is -0.467 e. The molecule has 2 N–H and O–H groups in total. The van der Waals surface area contributed by atoms with E-state index in [9.17, 15) is 4.79 Å². The van der Waals surface area contributed by atoms with Gasteiger partial charge in [-0.25, -0.2) is 4.68 Å². The van der Waals surface area contributed by atoms with E-state index in [-0.39, 0.29) is 11.8 Å². The Morgan fingerprint density at radius 2 is 1.84 bits per heavy atom. The molecule has 0 atom stereocenters. The highest BCUT2D eigenvalue weighted by atomic mass is 16.3. The Morgan fingerprint density at radius 1 is 1.06 bits per heavy atom. The molecule has 1 fully saturated rings. The fourth-order valence-electron chi connectivity index (χ4n) is 4.48. The van der Waals surface area contributed by atoms with E-state index in [0.29, 0.717) is 6.54 Å². The van der Waals surface area contributed by atoms with Crippen molar-refractivity contribution in [3.8, 4) is 11.5 Å². The summed E-state index contributed by atoms with van der Waals surface area (Å²) >= 11 is 0. The van der Waals surface area contributed by atoms with Gasteiger partial charge in [-0.05, 0) is 36.4 Å². The third-order valence-corrected chi connectivity index (χ3v) is 6.19. The van der Waals surface area contributed by atoms with Crippen LogP contribution < -0.4 is 10.2 Å². The topological polar surface area (TPSA) is 69.4 Å². The number of benzene rings is 1. The fourth-order valence-corrected chi connectivity index (χ4v) is 4.48. The highest BCUT2D eigenvalue weighted by Crippen LogP contribution is 2.20. The first-order valence-corrected chi connectivity index (χ1v) is 11.2. The molecule has 32 heavy (non-hydrogen) atoms. The monoisotopic (exact) mass is 430 g/mol. The number of para-hydroxylation sites is 1. The van der Waals surface area contributed by atoms with E-state index in [1.165, 1.54) is 10.5 Å². The van der Waals surface area contributed by atoms with Crippen LogP contribution in [0.3, 0.4) is 0 Å². The summed E-state index contributed by atoms with van der Waals surface area (Å²) in [5, 5.41) is 7.72. The minimum absolute atomic E-state index is 0.0738. The van der Waals surface area contributed by atoms with Crippen LogP contribution in [-0.4, -0.2) is 33.3 Å². The standard InChI is InChI=1S/C25H27N5O2/c31-24(26-18-23-9-6-16-32-23)20-10-14-28(15-11-20)19-21-17-27-30(22-7-2-1-3-8-22)25(21)29-12-4-5-13-29/h1-9,12-13,16-17,20H,10-11,14-15,18-19H2,(H,26,31)/p+1. The molecule has 164 valence electrons. The lowest BCUT2D eigenvalue weighted by Crippen LogP contribution is -3.11. The summed E-state index contributed by atoms with van der Waals surface area (Å²) in [5.41, 5.74) is 2.25. The number of likely N-dealkylation sites (tertiary alicyclic amines) is 1. The summed E-state index contributed by atoms with van der Waals surface area (Å²) in [6, 6.07) is 18.0. The SMILES string of the molecule is O=C(NCc1ccco1)C1CC[NH+](Cc2cnn(-c3ccccc3)c2-n2cccc2)CC1. The van der Waals surface area contributed by atoms with Crippen molar-refractivity contribution < 1.29 is 14.1 Å². The van der Waals surface area contributed by atoms with Gasteiger partial charge in [0.2, 0.25) is 5.91 Å². The molecule has 0 aliphatic carbocycles. The van der Waals surface area contributed by atoms with E-state index >= 15 is 0 Å². The number of hydrogen-bond donors (Lipinski definition) is 2. The van der Waals surface area contributed by atoms with Crippen LogP contribution >= 0.6 is 0 Å². The molecule has 4 heterocycles. The molecule has 3 aromatic heterocycles. The lowest BCUT2D eigenvalue weighted by atomic mass is 9.95. The molecule has 0 bridgehead atoms. The average Bonchev–Trinajstić information content (AvgIpc) is 3.60. The summed E-state index contributed by atoms with van der Waals surface area (Å²) in [6.45, 7) is 3.29. The van der Waals surface area contributed by atoms with Crippen molar-refractivity contribution in [2.45, 2.75) is 25.9 Å². The van der Waals surface area contributed by atoms with Crippen LogP contribution in [0.2, 0.25) is 0 Å². The number of hydrogen-bond acceptors (Lipinski definition) is 3. The van der Waals surface area contributed by atoms with Crippen LogP contribution in [0.5, 0.6) is 0 Å². The Balaban J connectivity index is 1.24. The van der Waals surface area contributed by atoms with Gasteiger partial charge in [0.05, 0.1) is 43.3 Å². The Kier molecular flexibility index (Phi) is 5.89. The van der Waals surface area contributed by atoms with Gasteiger partial charge in [0, 0.05) is 31.2 Å². The van der Waals surface area contributed by atoms with Gasteiger partial charge >= 0.3 is 0 Å². The maximum Gasteiger partial charge on any atom is 0.223 e. The highest BCUT2D eigenvalue weighted by molar-refractivity contribution is 5.78. The van der Waals surface area contributed by atoms with Gasteiger partial charge in [-0.15, -0.1) is 0 Å². The largest absolute Gasteiger partial charge is 0.467 e. The van der Waals surface area contributed by atoms with Gasteiger partial charge in [-0.3, -0.25) is 4.79 Å². The summed E-state index contributed by atoms with van der Waals surface area (Å²) in [6.07, 6.45) is 9.52. The lowest BCUT2D eigenvalue weighted by molar-refractivity contribution is -0.919. The summed E-state index contributed by atoms with van der Waals surface area (Å²) in [7, 11) is 0. The van der Waals surface area contributed by atoms with Crippen LogP contribution in [0.25, 0.3) is 11.5 Å².